The molecule has 3 rings (SSSR count). The van der Waals surface area contributed by atoms with Gasteiger partial charge in [0.25, 0.3) is 0 Å². The SMILES string of the molecule is COc1ccccc1CNC(=O)CN1CCC[C@H]1c1cccn1C. The highest BCUT2D eigenvalue weighted by atomic mass is 16.5. The molecule has 5 nitrogen and oxygen atoms in total. The highest BCUT2D eigenvalue weighted by molar-refractivity contribution is 5.78. The second kappa shape index (κ2) is 7.53. The number of aryl methyl sites for hydroxylation is 1. The Bertz CT molecular complexity index is 695. The zero-order valence-corrected chi connectivity index (χ0v) is 14.4. The smallest absolute Gasteiger partial charge is 0.234 e. The fourth-order valence-corrected chi connectivity index (χ4v) is 3.45. The lowest BCUT2D eigenvalue weighted by Gasteiger charge is -2.24. The van der Waals surface area contributed by atoms with Gasteiger partial charge >= 0.3 is 0 Å². The van der Waals surface area contributed by atoms with Gasteiger partial charge in [-0.15, -0.1) is 0 Å². The first-order chi connectivity index (χ1) is 11.7. The fraction of sp³-hybridized carbons (Fsp3) is 0.421. The number of likely N-dealkylation sites (tertiary alicyclic amines) is 1. The van der Waals surface area contributed by atoms with Gasteiger partial charge < -0.3 is 14.6 Å². The van der Waals surface area contributed by atoms with Crippen molar-refractivity contribution in [2.75, 3.05) is 20.2 Å². The molecule has 24 heavy (non-hydrogen) atoms. The van der Waals surface area contributed by atoms with Crippen LogP contribution in [0, 0.1) is 0 Å². The number of methoxy groups -OCH3 is 1. The molecular formula is C19H25N3O2. The molecule has 0 bridgehead atoms. The van der Waals surface area contributed by atoms with E-state index < -0.39 is 0 Å². The van der Waals surface area contributed by atoms with Crippen LogP contribution in [-0.2, 0) is 18.4 Å². The van der Waals surface area contributed by atoms with E-state index in [1.807, 2.05) is 24.3 Å². The summed E-state index contributed by atoms with van der Waals surface area (Å²) in [6.45, 7) is 1.90. The van der Waals surface area contributed by atoms with E-state index in [-0.39, 0.29) is 5.91 Å². The Morgan fingerprint density at radius 3 is 2.88 bits per heavy atom. The van der Waals surface area contributed by atoms with Gasteiger partial charge in [-0.1, -0.05) is 18.2 Å². The number of ether oxygens (including phenoxy) is 1. The summed E-state index contributed by atoms with van der Waals surface area (Å²) in [4.78, 5) is 14.6. The minimum absolute atomic E-state index is 0.0574. The molecule has 0 unspecified atom stereocenters. The molecule has 0 radical (unpaired) electrons. The monoisotopic (exact) mass is 327 g/mol. The minimum atomic E-state index is 0.0574. The largest absolute Gasteiger partial charge is 0.496 e. The van der Waals surface area contributed by atoms with Crippen LogP contribution in [0.15, 0.2) is 42.6 Å². The first kappa shape index (κ1) is 16.6. The van der Waals surface area contributed by atoms with E-state index in [4.69, 9.17) is 4.74 Å². The molecule has 1 amide bonds. The predicted octanol–water partition coefficient (Wildman–Crippen LogP) is 2.49. The number of carbonyl (C=O) groups is 1. The third-order valence-corrected chi connectivity index (χ3v) is 4.70. The zero-order valence-electron chi connectivity index (χ0n) is 14.4. The Morgan fingerprint density at radius 1 is 1.29 bits per heavy atom. The molecule has 1 aromatic carbocycles. The van der Waals surface area contributed by atoms with Crippen molar-refractivity contribution < 1.29 is 9.53 Å². The number of carbonyl (C=O) groups excluding carboxylic acids is 1. The molecule has 1 aliphatic heterocycles. The first-order valence-electron chi connectivity index (χ1n) is 8.43. The molecule has 1 atom stereocenters. The number of hydrogen-bond donors (Lipinski definition) is 1. The average molecular weight is 327 g/mol. The van der Waals surface area contributed by atoms with Gasteiger partial charge in [0.2, 0.25) is 5.91 Å². The summed E-state index contributed by atoms with van der Waals surface area (Å²) in [6.07, 6.45) is 4.31. The summed E-state index contributed by atoms with van der Waals surface area (Å²) in [5.41, 5.74) is 2.28. The lowest BCUT2D eigenvalue weighted by Crippen LogP contribution is -2.37. The van der Waals surface area contributed by atoms with Crippen molar-refractivity contribution in [3.8, 4) is 5.75 Å². The van der Waals surface area contributed by atoms with Crippen molar-refractivity contribution in [3.63, 3.8) is 0 Å². The number of nitrogens with one attached hydrogen (secondary N) is 1. The van der Waals surface area contributed by atoms with Crippen molar-refractivity contribution in [1.82, 2.24) is 14.8 Å². The Morgan fingerprint density at radius 2 is 2.12 bits per heavy atom. The zero-order chi connectivity index (χ0) is 16.9. The molecule has 1 saturated heterocycles. The van der Waals surface area contributed by atoms with E-state index in [9.17, 15) is 4.79 Å². The normalized spacial score (nSPS) is 17.8. The van der Waals surface area contributed by atoms with Gasteiger partial charge in [0.1, 0.15) is 5.75 Å². The number of hydrogen-bond acceptors (Lipinski definition) is 3. The third-order valence-electron chi connectivity index (χ3n) is 4.70. The summed E-state index contributed by atoms with van der Waals surface area (Å²) >= 11 is 0. The molecule has 5 heteroatoms. The number of para-hydroxylation sites is 1. The Balaban J connectivity index is 1.57. The molecule has 0 saturated carbocycles. The maximum Gasteiger partial charge on any atom is 0.234 e. The Hall–Kier alpha value is -2.27. The van der Waals surface area contributed by atoms with Gasteiger partial charge in [-0.25, -0.2) is 0 Å². The quantitative estimate of drug-likeness (QED) is 0.887. The van der Waals surface area contributed by atoms with Gasteiger partial charge in [0.05, 0.1) is 19.7 Å². The van der Waals surface area contributed by atoms with Crippen molar-refractivity contribution in [2.45, 2.75) is 25.4 Å². The van der Waals surface area contributed by atoms with Crippen molar-refractivity contribution >= 4 is 5.91 Å². The second-order valence-electron chi connectivity index (χ2n) is 6.26. The van der Waals surface area contributed by atoms with Crippen LogP contribution in [0.5, 0.6) is 5.75 Å². The van der Waals surface area contributed by atoms with E-state index in [1.165, 1.54) is 5.69 Å². The molecule has 1 aliphatic rings. The van der Waals surface area contributed by atoms with Crippen LogP contribution in [0.1, 0.15) is 30.1 Å². The van der Waals surface area contributed by atoms with Gasteiger partial charge in [0.15, 0.2) is 0 Å². The van der Waals surface area contributed by atoms with E-state index in [2.05, 4.69) is 40.2 Å². The average Bonchev–Trinajstić information content (AvgIpc) is 3.21. The predicted molar refractivity (Wildman–Crippen MR) is 93.8 cm³/mol. The highest BCUT2D eigenvalue weighted by Crippen LogP contribution is 2.31. The number of benzene rings is 1. The minimum Gasteiger partial charge on any atom is -0.496 e. The molecule has 1 fully saturated rings. The summed E-state index contributed by atoms with van der Waals surface area (Å²) in [7, 11) is 3.71. The second-order valence-corrected chi connectivity index (χ2v) is 6.26. The molecule has 128 valence electrons. The standard InChI is InChI=1S/C19H25N3O2/c1-21-11-5-8-16(21)17-9-6-12-22(17)14-19(23)20-13-15-7-3-4-10-18(15)24-2/h3-5,7-8,10-11,17H,6,9,12-14H2,1-2H3,(H,20,23)/t17-/m0/s1. The molecule has 0 aliphatic carbocycles. The number of aromatic nitrogens is 1. The maximum atomic E-state index is 12.4. The Labute approximate surface area is 143 Å². The van der Waals surface area contributed by atoms with Crippen LogP contribution in [0.4, 0.5) is 0 Å². The van der Waals surface area contributed by atoms with Crippen LogP contribution in [0.3, 0.4) is 0 Å². The summed E-state index contributed by atoms with van der Waals surface area (Å²) < 4.78 is 7.47. The molecule has 0 spiro atoms. The van der Waals surface area contributed by atoms with Crippen LogP contribution in [0.25, 0.3) is 0 Å². The van der Waals surface area contributed by atoms with E-state index in [1.54, 1.807) is 7.11 Å². The van der Waals surface area contributed by atoms with E-state index in [0.717, 1.165) is 30.7 Å². The van der Waals surface area contributed by atoms with Gasteiger partial charge in [0, 0.05) is 31.0 Å². The highest BCUT2D eigenvalue weighted by Gasteiger charge is 2.28. The lowest BCUT2D eigenvalue weighted by molar-refractivity contribution is -0.122. The summed E-state index contributed by atoms with van der Waals surface area (Å²) in [5.74, 6) is 0.864. The Kier molecular flexibility index (Phi) is 5.20. The topological polar surface area (TPSA) is 46.5 Å². The van der Waals surface area contributed by atoms with Gasteiger partial charge in [-0.05, 0) is 37.6 Å². The molecule has 2 aromatic rings. The number of nitrogens with zero attached hydrogens (tertiary/aromatic N) is 2. The number of rotatable bonds is 6. The van der Waals surface area contributed by atoms with Gasteiger partial charge in [-0.2, -0.15) is 0 Å². The third kappa shape index (κ3) is 3.62. The first-order valence-corrected chi connectivity index (χ1v) is 8.43. The van der Waals surface area contributed by atoms with Crippen molar-refractivity contribution in [2.24, 2.45) is 7.05 Å². The molecular weight excluding hydrogens is 302 g/mol. The molecule has 1 aromatic heterocycles. The van der Waals surface area contributed by atoms with Gasteiger partial charge in [-0.3, -0.25) is 9.69 Å². The van der Waals surface area contributed by atoms with Crippen LogP contribution in [-0.4, -0.2) is 35.6 Å². The van der Waals surface area contributed by atoms with Crippen LogP contribution < -0.4 is 10.1 Å². The lowest BCUT2D eigenvalue weighted by atomic mass is 10.1. The van der Waals surface area contributed by atoms with Crippen molar-refractivity contribution in [1.29, 1.82) is 0 Å². The summed E-state index contributed by atoms with van der Waals surface area (Å²) in [6, 6.07) is 12.3. The van der Waals surface area contributed by atoms with Crippen LogP contribution in [0.2, 0.25) is 0 Å². The molecule has 1 N–H and O–H groups in total. The maximum absolute atomic E-state index is 12.4. The molecule has 2 heterocycles. The fourth-order valence-electron chi connectivity index (χ4n) is 3.45. The number of amides is 1. The van der Waals surface area contributed by atoms with Crippen LogP contribution >= 0.6 is 0 Å². The van der Waals surface area contributed by atoms with E-state index in [0.29, 0.717) is 19.1 Å². The summed E-state index contributed by atoms with van der Waals surface area (Å²) in [5, 5.41) is 3.01. The van der Waals surface area contributed by atoms with Crippen molar-refractivity contribution in [3.05, 3.63) is 53.9 Å². The van der Waals surface area contributed by atoms with E-state index >= 15 is 0 Å².